The van der Waals surface area contributed by atoms with E-state index in [-0.39, 0.29) is 0 Å². The van der Waals surface area contributed by atoms with Gasteiger partial charge in [-0.1, -0.05) is 12.1 Å². The van der Waals surface area contributed by atoms with Gasteiger partial charge < -0.3 is 9.64 Å². The molecule has 28 heavy (non-hydrogen) atoms. The second-order valence-corrected chi connectivity index (χ2v) is 8.78. The molecule has 1 fully saturated rings. The van der Waals surface area contributed by atoms with Crippen molar-refractivity contribution in [1.82, 2.24) is 14.9 Å². The standard InChI is InChI=1S/C22H26N4OS/c1-27-17-8-6-16(7-9-17)14-25-10-12-26(13-11-25)21-20-18-4-2-3-5-19(18)28-22(20)24-15-23-21/h6-9,15H,2-5,10-14H2,1H3. The summed E-state index contributed by atoms with van der Waals surface area (Å²) in [7, 11) is 1.71. The number of hydrogen-bond acceptors (Lipinski definition) is 6. The molecule has 3 aromatic rings. The van der Waals surface area contributed by atoms with Crippen LogP contribution in [0.2, 0.25) is 0 Å². The Hall–Kier alpha value is -2.18. The smallest absolute Gasteiger partial charge is 0.141 e. The van der Waals surface area contributed by atoms with Gasteiger partial charge in [-0.05, 0) is 48.9 Å². The number of hydrogen-bond donors (Lipinski definition) is 0. The van der Waals surface area contributed by atoms with Crippen molar-refractivity contribution in [1.29, 1.82) is 0 Å². The fourth-order valence-electron chi connectivity index (χ4n) is 4.42. The van der Waals surface area contributed by atoms with Crippen molar-refractivity contribution in [3.05, 3.63) is 46.6 Å². The van der Waals surface area contributed by atoms with Crippen LogP contribution in [0.3, 0.4) is 0 Å². The average molecular weight is 395 g/mol. The zero-order valence-electron chi connectivity index (χ0n) is 16.4. The third kappa shape index (κ3) is 3.35. The van der Waals surface area contributed by atoms with Crippen LogP contribution in [0.1, 0.15) is 28.8 Å². The van der Waals surface area contributed by atoms with E-state index in [0.717, 1.165) is 44.3 Å². The molecule has 1 aliphatic heterocycles. The molecule has 0 unspecified atom stereocenters. The number of piperazine rings is 1. The Morgan fingerprint density at radius 2 is 1.79 bits per heavy atom. The number of anilines is 1. The monoisotopic (exact) mass is 394 g/mol. The van der Waals surface area contributed by atoms with E-state index in [9.17, 15) is 0 Å². The molecule has 5 nitrogen and oxygen atoms in total. The van der Waals surface area contributed by atoms with E-state index in [2.05, 4.69) is 26.9 Å². The first kappa shape index (κ1) is 17.9. The number of aromatic nitrogens is 2. The Morgan fingerprint density at radius 1 is 1.00 bits per heavy atom. The lowest BCUT2D eigenvalue weighted by Gasteiger charge is -2.35. The van der Waals surface area contributed by atoms with Gasteiger partial charge in [-0.2, -0.15) is 0 Å². The summed E-state index contributed by atoms with van der Waals surface area (Å²) in [5.41, 5.74) is 2.87. The summed E-state index contributed by atoms with van der Waals surface area (Å²) in [4.78, 5) is 17.0. The van der Waals surface area contributed by atoms with Crippen molar-refractivity contribution < 1.29 is 4.74 Å². The Balaban J connectivity index is 1.31. The number of fused-ring (bicyclic) bond motifs is 3. The first-order valence-electron chi connectivity index (χ1n) is 10.2. The van der Waals surface area contributed by atoms with Crippen LogP contribution < -0.4 is 9.64 Å². The van der Waals surface area contributed by atoms with Gasteiger partial charge in [-0.25, -0.2) is 9.97 Å². The van der Waals surface area contributed by atoms with Gasteiger partial charge in [0.2, 0.25) is 0 Å². The van der Waals surface area contributed by atoms with Crippen LogP contribution in [0.5, 0.6) is 5.75 Å². The second-order valence-electron chi connectivity index (χ2n) is 7.70. The lowest BCUT2D eigenvalue weighted by Crippen LogP contribution is -2.46. The molecular weight excluding hydrogens is 368 g/mol. The number of ether oxygens (including phenoxy) is 1. The molecule has 2 aromatic heterocycles. The Labute approximate surface area is 170 Å². The summed E-state index contributed by atoms with van der Waals surface area (Å²) in [6.07, 6.45) is 6.76. The highest BCUT2D eigenvalue weighted by Crippen LogP contribution is 2.39. The third-order valence-corrected chi connectivity index (χ3v) is 7.17. The molecule has 3 heterocycles. The van der Waals surface area contributed by atoms with E-state index in [1.807, 2.05) is 23.5 Å². The topological polar surface area (TPSA) is 41.5 Å². The molecule has 1 aromatic carbocycles. The summed E-state index contributed by atoms with van der Waals surface area (Å²) >= 11 is 1.88. The van der Waals surface area contributed by atoms with Crippen molar-refractivity contribution in [2.45, 2.75) is 32.2 Å². The molecular formula is C22H26N4OS. The van der Waals surface area contributed by atoms with Gasteiger partial charge in [0.25, 0.3) is 0 Å². The predicted molar refractivity (Wildman–Crippen MR) is 115 cm³/mol. The van der Waals surface area contributed by atoms with Gasteiger partial charge >= 0.3 is 0 Å². The largest absolute Gasteiger partial charge is 0.497 e. The van der Waals surface area contributed by atoms with Gasteiger partial charge in [0.15, 0.2) is 0 Å². The highest BCUT2D eigenvalue weighted by Gasteiger charge is 2.25. The molecule has 0 radical (unpaired) electrons. The second kappa shape index (κ2) is 7.68. The predicted octanol–water partition coefficient (Wildman–Crippen LogP) is 3.90. The number of nitrogens with zero attached hydrogens (tertiary/aromatic N) is 4. The first-order valence-corrected chi connectivity index (χ1v) is 11.0. The first-order chi connectivity index (χ1) is 13.8. The fourth-order valence-corrected chi connectivity index (χ4v) is 5.64. The van der Waals surface area contributed by atoms with Crippen LogP contribution in [-0.2, 0) is 19.4 Å². The zero-order chi connectivity index (χ0) is 18.9. The summed E-state index contributed by atoms with van der Waals surface area (Å²) < 4.78 is 5.26. The highest BCUT2D eigenvalue weighted by atomic mass is 32.1. The van der Waals surface area contributed by atoms with E-state index < -0.39 is 0 Å². The minimum Gasteiger partial charge on any atom is -0.497 e. The number of thiophene rings is 1. The maximum Gasteiger partial charge on any atom is 0.141 e. The third-order valence-electron chi connectivity index (χ3n) is 5.97. The fraction of sp³-hybridized carbons (Fsp3) is 0.455. The average Bonchev–Trinajstić information content (AvgIpc) is 3.14. The molecule has 5 rings (SSSR count). The van der Waals surface area contributed by atoms with Crippen LogP contribution >= 0.6 is 11.3 Å². The lowest BCUT2D eigenvalue weighted by atomic mass is 9.97. The van der Waals surface area contributed by atoms with Crippen molar-refractivity contribution in [2.75, 3.05) is 38.2 Å². The summed E-state index contributed by atoms with van der Waals surface area (Å²) in [6.45, 7) is 5.15. The van der Waals surface area contributed by atoms with Crippen LogP contribution in [0.4, 0.5) is 5.82 Å². The molecule has 0 saturated carbocycles. The summed E-state index contributed by atoms with van der Waals surface area (Å²) in [6, 6.07) is 8.42. The molecule has 0 atom stereocenters. The summed E-state index contributed by atoms with van der Waals surface area (Å²) in [5, 5.41) is 1.34. The molecule has 0 amide bonds. The van der Waals surface area contributed by atoms with Crippen LogP contribution in [0, 0.1) is 0 Å². The Morgan fingerprint density at radius 3 is 2.57 bits per heavy atom. The number of methoxy groups -OCH3 is 1. The maximum absolute atomic E-state index is 5.26. The molecule has 1 aliphatic carbocycles. The van der Waals surface area contributed by atoms with Gasteiger partial charge in [-0.15, -0.1) is 11.3 Å². The van der Waals surface area contributed by atoms with E-state index in [1.165, 1.54) is 47.0 Å². The number of aryl methyl sites for hydroxylation is 2. The van der Waals surface area contributed by atoms with E-state index in [4.69, 9.17) is 9.72 Å². The SMILES string of the molecule is COc1ccc(CN2CCN(c3ncnc4sc5c(c34)CCCC5)CC2)cc1. The van der Waals surface area contributed by atoms with Crippen molar-refractivity contribution in [3.8, 4) is 5.75 Å². The van der Waals surface area contributed by atoms with Crippen LogP contribution in [0.25, 0.3) is 10.2 Å². The van der Waals surface area contributed by atoms with Crippen LogP contribution in [0.15, 0.2) is 30.6 Å². The van der Waals surface area contributed by atoms with Crippen molar-refractivity contribution in [3.63, 3.8) is 0 Å². The quantitative estimate of drug-likeness (QED) is 0.671. The maximum atomic E-state index is 5.26. The Bertz CT molecular complexity index is 961. The molecule has 0 N–H and O–H groups in total. The van der Waals surface area contributed by atoms with E-state index in [1.54, 1.807) is 18.3 Å². The minimum atomic E-state index is 0.917. The zero-order valence-corrected chi connectivity index (χ0v) is 17.2. The molecule has 1 saturated heterocycles. The molecule has 0 spiro atoms. The molecule has 146 valence electrons. The molecule has 6 heteroatoms. The molecule has 0 bridgehead atoms. The number of rotatable bonds is 4. The highest BCUT2D eigenvalue weighted by molar-refractivity contribution is 7.19. The van der Waals surface area contributed by atoms with Crippen molar-refractivity contribution >= 4 is 27.4 Å². The molecule has 2 aliphatic rings. The number of benzene rings is 1. The normalized spacial score (nSPS) is 17.7. The van der Waals surface area contributed by atoms with Crippen LogP contribution in [-0.4, -0.2) is 48.2 Å². The summed E-state index contributed by atoms with van der Waals surface area (Å²) in [5.74, 6) is 2.08. The van der Waals surface area contributed by atoms with E-state index >= 15 is 0 Å². The van der Waals surface area contributed by atoms with Gasteiger partial charge in [0.05, 0.1) is 12.5 Å². The Kier molecular flexibility index (Phi) is 4.91. The van der Waals surface area contributed by atoms with Gasteiger partial charge in [0, 0.05) is 37.6 Å². The van der Waals surface area contributed by atoms with E-state index in [0.29, 0.717) is 0 Å². The van der Waals surface area contributed by atoms with Crippen molar-refractivity contribution in [2.24, 2.45) is 0 Å². The lowest BCUT2D eigenvalue weighted by molar-refractivity contribution is 0.249. The minimum absolute atomic E-state index is 0.917. The van der Waals surface area contributed by atoms with Gasteiger partial charge in [0.1, 0.15) is 22.7 Å². The van der Waals surface area contributed by atoms with Gasteiger partial charge in [-0.3, -0.25) is 4.90 Å².